The molecule has 0 unspecified atom stereocenters. The van der Waals surface area contributed by atoms with Crippen LogP contribution in [0, 0.1) is 0 Å². The molecule has 0 fully saturated rings. The fourth-order valence-electron chi connectivity index (χ4n) is 3.89. The second-order valence-electron chi connectivity index (χ2n) is 6.81. The van der Waals surface area contributed by atoms with E-state index in [1.54, 1.807) is 7.11 Å². The first-order chi connectivity index (χ1) is 11.7. The fourth-order valence-corrected chi connectivity index (χ4v) is 3.89. The minimum atomic E-state index is 0.413. The molecule has 3 heteroatoms. The van der Waals surface area contributed by atoms with Crippen LogP contribution in [0.2, 0.25) is 0 Å². The molecular weight excluding hydrogens is 298 g/mol. The minimum absolute atomic E-state index is 0.413. The molecule has 126 valence electrons. The molecule has 4 rings (SSSR count). The standard InChI is InChI=1S/C21H25NO2/c1-15(18-4-3-17-9-12-24-21(17)14-18)22-10-7-16-5-6-20(23-2)13-19(16)8-11-22/h3-6,13-15H,7-12H2,1-2H3/t15-/m0/s1. The maximum Gasteiger partial charge on any atom is 0.122 e. The summed E-state index contributed by atoms with van der Waals surface area (Å²) >= 11 is 0. The summed E-state index contributed by atoms with van der Waals surface area (Å²) < 4.78 is 11.1. The number of methoxy groups -OCH3 is 1. The van der Waals surface area contributed by atoms with Crippen molar-refractivity contribution in [2.75, 3.05) is 26.8 Å². The van der Waals surface area contributed by atoms with Crippen molar-refractivity contribution in [2.24, 2.45) is 0 Å². The molecule has 2 aliphatic heterocycles. The van der Waals surface area contributed by atoms with Crippen molar-refractivity contribution < 1.29 is 9.47 Å². The minimum Gasteiger partial charge on any atom is -0.497 e. The molecule has 2 aromatic rings. The first-order valence-corrected chi connectivity index (χ1v) is 8.90. The Hall–Kier alpha value is -2.00. The van der Waals surface area contributed by atoms with Gasteiger partial charge in [-0.15, -0.1) is 0 Å². The van der Waals surface area contributed by atoms with Crippen molar-refractivity contribution in [3.05, 3.63) is 58.7 Å². The van der Waals surface area contributed by atoms with Gasteiger partial charge in [0.2, 0.25) is 0 Å². The van der Waals surface area contributed by atoms with E-state index in [0.29, 0.717) is 6.04 Å². The van der Waals surface area contributed by atoms with E-state index in [1.807, 2.05) is 0 Å². The maximum atomic E-state index is 5.75. The van der Waals surface area contributed by atoms with Crippen LogP contribution < -0.4 is 9.47 Å². The van der Waals surface area contributed by atoms with Crippen molar-refractivity contribution in [2.45, 2.75) is 32.2 Å². The van der Waals surface area contributed by atoms with E-state index in [-0.39, 0.29) is 0 Å². The van der Waals surface area contributed by atoms with Crippen LogP contribution in [0.3, 0.4) is 0 Å². The largest absolute Gasteiger partial charge is 0.497 e. The molecule has 2 aliphatic rings. The zero-order valence-corrected chi connectivity index (χ0v) is 14.5. The topological polar surface area (TPSA) is 21.7 Å². The molecule has 0 saturated carbocycles. The lowest BCUT2D eigenvalue weighted by atomic mass is 10.0. The summed E-state index contributed by atoms with van der Waals surface area (Å²) in [6, 6.07) is 13.7. The highest BCUT2D eigenvalue weighted by molar-refractivity contribution is 5.41. The van der Waals surface area contributed by atoms with Gasteiger partial charge in [-0.2, -0.15) is 0 Å². The summed E-state index contributed by atoms with van der Waals surface area (Å²) in [7, 11) is 1.74. The van der Waals surface area contributed by atoms with Crippen molar-refractivity contribution in [1.29, 1.82) is 0 Å². The Morgan fingerprint density at radius 1 is 0.958 bits per heavy atom. The average molecular weight is 323 g/mol. The average Bonchev–Trinajstić information content (AvgIpc) is 2.99. The van der Waals surface area contributed by atoms with Crippen LogP contribution in [0.1, 0.15) is 35.2 Å². The first-order valence-electron chi connectivity index (χ1n) is 8.90. The molecule has 0 aromatic heterocycles. The zero-order chi connectivity index (χ0) is 16.5. The smallest absolute Gasteiger partial charge is 0.122 e. The Morgan fingerprint density at radius 3 is 2.58 bits per heavy atom. The van der Waals surface area contributed by atoms with Gasteiger partial charge in [0.1, 0.15) is 11.5 Å². The van der Waals surface area contributed by atoms with Crippen LogP contribution in [0.5, 0.6) is 11.5 Å². The van der Waals surface area contributed by atoms with Gasteiger partial charge in [0.05, 0.1) is 13.7 Å². The Kier molecular flexibility index (Phi) is 4.19. The van der Waals surface area contributed by atoms with Gasteiger partial charge in [0, 0.05) is 25.6 Å². The Bertz CT molecular complexity index is 741. The molecule has 0 bridgehead atoms. The molecule has 0 radical (unpaired) electrons. The highest BCUT2D eigenvalue weighted by Crippen LogP contribution is 2.32. The first kappa shape index (κ1) is 15.5. The third kappa shape index (κ3) is 2.89. The number of fused-ring (bicyclic) bond motifs is 2. The predicted octanol–water partition coefficient (Wildman–Crippen LogP) is 3.79. The van der Waals surface area contributed by atoms with E-state index >= 15 is 0 Å². The summed E-state index contributed by atoms with van der Waals surface area (Å²) in [5.74, 6) is 2.05. The van der Waals surface area contributed by atoms with Crippen molar-refractivity contribution >= 4 is 0 Å². The number of ether oxygens (including phenoxy) is 2. The van der Waals surface area contributed by atoms with Crippen LogP contribution in [0.25, 0.3) is 0 Å². The summed E-state index contributed by atoms with van der Waals surface area (Å²) in [4.78, 5) is 2.59. The number of hydrogen-bond acceptors (Lipinski definition) is 3. The molecule has 3 nitrogen and oxygen atoms in total. The molecule has 0 spiro atoms. The molecule has 0 amide bonds. The summed E-state index contributed by atoms with van der Waals surface area (Å²) in [5, 5.41) is 0. The lowest BCUT2D eigenvalue weighted by Crippen LogP contribution is -2.29. The molecule has 2 aromatic carbocycles. The molecule has 1 atom stereocenters. The van der Waals surface area contributed by atoms with E-state index in [2.05, 4.69) is 48.2 Å². The number of nitrogens with zero attached hydrogens (tertiary/aromatic N) is 1. The predicted molar refractivity (Wildman–Crippen MR) is 96.0 cm³/mol. The van der Waals surface area contributed by atoms with E-state index in [9.17, 15) is 0 Å². The zero-order valence-electron chi connectivity index (χ0n) is 14.5. The van der Waals surface area contributed by atoms with Gasteiger partial charge in [0.25, 0.3) is 0 Å². The lowest BCUT2D eigenvalue weighted by Gasteiger charge is -2.28. The number of hydrogen-bond donors (Lipinski definition) is 0. The van der Waals surface area contributed by atoms with Gasteiger partial charge in [-0.05, 0) is 60.2 Å². The van der Waals surface area contributed by atoms with Crippen LogP contribution in [0.15, 0.2) is 36.4 Å². The highest BCUT2D eigenvalue weighted by Gasteiger charge is 2.22. The highest BCUT2D eigenvalue weighted by atomic mass is 16.5. The van der Waals surface area contributed by atoms with Gasteiger partial charge in [-0.3, -0.25) is 4.90 Å². The van der Waals surface area contributed by atoms with Crippen LogP contribution >= 0.6 is 0 Å². The summed E-state index contributed by atoms with van der Waals surface area (Å²) in [6.45, 7) is 5.32. The Balaban J connectivity index is 1.51. The lowest BCUT2D eigenvalue weighted by molar-refractivity contribution is 0.220. The Labute approximate surface area is 144 Å². The van der Waals surface area contributed by atoms with Crippen molar-refractivity contribution in [3.8, 4) is 11.5 Å². The van der Waals surface area contributed by atoms with Gasteiger partial charge < -0.3 is 9.47 Å². The van der Waals surface area contributed by atoms with Gasteiger partial charge in [-0.1, -0.05) is 18.2 Å². The molecule has 0 N–H and O–H groups in total. The van der Waals surface area contributed by atoms with Gasteiger partial charge in [0.15, 0.2) is 0 Å². The number of benzene rings is 2. The van der Waals surface area contributed by atoms with E-state index < -0.39 is 0 Å². The third-order valence-electron chi connectivity index (χ3n) is 5.50. The van der Waals surface area contributed by atoms with Crippen LogP contribution in [-0.4, -0.2) is 31.7 Å². The second-order valence-corrected chi connectivity index (χ2v) is 6.81. The van der Waals surface area contributed by atoms with E-state index in [1.165, 1.54) is 22.3 Å². The van der Waals surface area contributed by atoms with Gasteiger partial charge in [-0.25, -0.2) is 0 Å². The van der Waals surface area contributed by atoms with E-state index in [0.717, 1.165) is 50.5 Å². The SMILES string of the molecule is COc1ccc2c(c1)CCN([C@@H](C)c1ccc3c(c1)OCC3)CC2. The monoisotopic (exact) mass is 323 g/mol. The van der Waals surface area contributed by atoms with Crippen LogP contribution in [-0.2, 0) is 19.3 Å². The van der Waals surface area contributed by atoms with Gasteiger partial charge >= 0.3 is 0 Å². The van der Waals surface area contributed by atoms with E-state index in [4.69, 9.17) is 9.47 Å². The summed E-state index contributed by atoms with van der Waals surface area (Å²) in [6.07, 6.45) is 3.23. The Morgan fingerprint density at radius 2 is 1.75 bits per heavy atom. The normalized spacial score (nSPS) is 18.2. The quantitative estimate of drug-likeness (QED) is 0.858. The van der Waals surface area contributed by atoms with Crippen molar-refractivity contribution in [1.82, 2.24) is 4.90 Å². The summed E-state index contributed by atoms with van der Waals surface area (Å²) in [5.41, 5.74) is 5.60. The van der Waals surface area contributed by atoms with Crippen molar-refractivity contribution in [3.63, 3.8) is 0 Å². The van der Waals surface area contributed by atoms with Crippen LogP contribution in [0.4, 0.5) is 0 Å². The molecule has 0 saturated heterocycles. The molecule has 0 aliphatic carbocycles. The molecule has 24 heavy (non-hydrogen) atoms. The molecule has 2 heterocycles. The number of rotatable bonds is 3. The third-order valence-corrected chi connectivity index (χ3v) is 5.50. The maximum absolute atomic E-state index is 5.75. The fraction of sp³-hybridized carbons (Fsp3) is 0.429. The second kappa shape index (κ2) is 6.48. The molecular formula is C21H25NO2.